The van der Waals surface area contributed by atoms with Gasteiger partial charge in [0.2, 0.25) is 0 Å². The van der Waals surface area contributed by atoms with Gasteiger partial charge in [-0.25, -0.2) is 0 Å². The van der Waals surface area contributed by atoms with Crippen LogP contribution in [0.1, 0.15) is 35.8 Å². The molecule has 0 saturated carbocycles. The molecule has 0 fully saturated rings. The van der Waals surface area contributed by atoms with Crippen molar-refractivity contribution in [3.63, 3.8) is 0 Å². The fourth-order valence-electron chi connectivity index (χ4n) is 2.59. The predicted octanol–water partition coefficient (Wildman–Crippen LogP) is 1.38. The number of hydrogen-bond acceptors (Lipinski definition) is 5. The molecule has 1 atom stereocenters. The quantitative estimate of drug-likeness (QED) is 0.867. The number of tetrazole rings is 1. The van der Waals surface area contributed by atoms with E-state index in [1.807, 2.05) is 6.07 Å². The molecule has 1 heterocycles. The Morgan fingerprint density at radius 2 is 2.42 bits per heavy atom. The third-order valence-corrected chi connectivity index (χ3v) is 3.56. The number of aromatic nitrogens is 4. The van der Waals surface area contributed by atoms with Gasteiger partial charge in [0.15, 0.2) is 5.82 Å². The molecule has 1 unspecified atom stereocenters. The van der Waals surface area contributed by atoms with E-state index in [0.717, 1.165) is 18.6 Å². The summed E-state index contributed by atoms with van der Waals surface area (Å²) in [6.45, 7) is 0.623. The first-order chi connectivity index (χ1) is 9.36. The molecule has 2 N–H and O–H groups in total. The average Bonchev–Trinajstić information content (AvgIpc) is 2.97. The highest BCUT2D eigenvalue weighted by Crippen LogP contribution is 2.32. The van der Waals surface area contributed by atoms with Crippen LogP contribution in [0.25, 0.3) is 0 Å². The number of ether oxygens (including phenoxy) is 1. The summed E-state index contributed by atoms with van der Waals surface area (Å²) in [5, 5.41) is 17.4. The molecule has 1 aliphatic rings. The van der Waals surface area contributed by atoms with E-state index >= 15 is 0 Å². The van der Waals surface area contributed by atoms with Gasteiger partial charge in [0.1, 0.15) is 5.75 Å². The summed E-state index contributed by atoms with van der Waals surface area (Å²) >= 11 is 0. The molecular formula is C13H17N5O. The fraction of sp³-hybridized carbons (Fsp3) is 0.462. The van der Waals surface area contributed by atoms with Gasteiger partial charge in [0.25, 0.3) is 0 Å². The largest absolute Gasteiger partial charge is 0.497 e. The summed E-state index contributed by atoms with van der Waals surface area (Å²) in [6.07, 6.45) is 3.46. The van der Waals surface area contributed by atoms with Crippen LogP contribution in [-0.2, 0) is 13.0 Å². The molecule has 0 saturated heterocycles. The van der Waals surface area contributed by atoms with E-state index < -0.39 is 0 Å². The van der Waals surface area contributed by atoms with Gasteiger partial charge < -0.3 is 10.1 Å². The zero-order valence-electron chi connectivity index (χ0n) is 10.9. The summed E-state index contributed by atoms with van der Waals surface area (Å²) in [5.41, 5.74) is 2.73. The van der Waals surface area contributed by atoms with Gasteiger partial charge in [0, 0.05) is 6.04 Å². The first-order valence-electron chi connectivity index (χ1n) is 6.49. The lowest BCUT2D eigenvalue weighted by Crippen LogP contribution is -2.25. The number of nitrogens with zero attached hydrogens (tertiary/aromatic N) is 3. The number of fused-ring (bicyclic) bond motifs is 1. The lowest BCUT2D eigenvalue weighted by Gasteiger charge is -2.26. The Kier molecular flexibility index (Phi) is 3.41. The smallest absolute Gasteiger partial charge is 0.188 e. The van der Waals surface area contributed by atoms with Crippen LogP contribution in [0.5, 0.6) is 5.75 Å². The number of H-pyrrole nitrogens is 1. The van der Waals surface area contributed by atoms with Crippen LogP contribution < -0.4 is 10.1 Å². The standard InChI is InChI=1S/C13H17N5O/c1-19-10-6-5-9-3-2-4-12(11(9)7-10)14-8-13-15-17-18-16-13/h5-7,12,14H,2-4,8H2,1H3,(H,15,16,17,18). The Labute approximate surface area is 111 Å². The molecule has 19 heavy (non-hydrogen) atoms. The SMILES string of the molecule is COc1ccc2c(c1)C(NCc1nn[nH]n1)CCC2. The molecule has 0 bridgehead atoms. The van der Waals surface area contributed by atoms with Gasteiger partial charge in [-0.3, -0.25) is 0 Å². The molecule has 0 radical (unpaired) electrons. The average molecular weight is 259 g/mol. The minimum atomic E-state index is 0.331. The Bertz CT molecular complexity index is 540. The first-order valence-corrected chi connectivity index (χ1v) is 6.49. The van der Waals surface area contributed by atoms with E-state index in [-0.39, 0.29) is 0 Å². The van der Waals surface area contributed by atoms with Crippen LogP contribution in [0.15, 0.2) is 18.2 Å². The molecule has 0 aliphatic heterocycles. The zero-order chi connectivity index (χ0) is 13.1. The Hall–Kier alpha value is -1.95. The predicted molar refractivity (Wildman–Crippen MR) is 69.7 cm³/mol. The molecule has 100 valence electrons. The number of rotatable bonds is 4. The Morgan fingerprint density at radius 3 is 3.21 bits per heavy atom. The first kappa shape index (κ1) is 12.1. The molecule has 1 aliphatic carbocycles. The summed E-state index contributed by atoms with van der Waals surface area (Å²) in [5.74, 6) is 1.60. The maximum absolute atomic E-state index is 5.31. The lowest BCUT2D eigenvalue weighted by atomic mass is 9.87. The zero-order valence-corrected chi connectivity index (χ0v) is 10.9. The van der Waals surface area contributed by atoms with E-state index in [0.29, 0.717) is 18.4 Å². The maximum atomic E-state index is 5.31. The number of nitrogens with one attached hydrogen (secondary N) is 2. The third-order valence-electron chi connectivity index (χ3n) is 3.56. The molecule has 3 rings (SSSR count). The van der Waals surface area contributed by atoms with Gasteiger partial charge in [-0.15, -0.1) is 10.2 Å². The van der Waals surface area contributed by atoms with E-state index in [2.05, 4.69) is 38.1 Å². The van der Waals surface area contributed by atoms with Crippen molar-refractivity contribution in [2.45, 2.75) is 31.8 Å². The van der Waals surface area contributed by atoms with Crippen molar-refractivity contribution in [3.8, 4) is 5.75 Å². The van der Waals surface area contributed by atoms with E-state index in [9.17, 15) is 0 Å². The highest BCUT2D eigenvalue weighted by Gasteiger charge is 2.20. The summed E-state index contributed by atoms with van der Waals surface area (Å²) in [7, 11) is 1.70. The second-order valence-corrected chi connectivity index (χ2v) is 4.72. The minimum absolute atomic E-state index is 0.331. The summed E-state index contributed by atoms with van der Waals surface area (Å²) in [4.78, 5) is 0. The molecule has 0 spiro atoms. The normalized spacial score (nSPS) is 18.1. The van der Waals surface area contributed by atoms with Crippen molar-refractivity contribution in [2.75, 3.05) is 7.11 Å². The monoisotopic (exact) mass is 259 g/mol. The van der Waals surface area contributed by atoms with Gasteiger partial charge in [-0.05, 0) is 42.5 Å². The minimum Gasteiger partial charge on any atom is -0.497 e. The molecule has 6 heteroatoms. The van der Waals surface area contributed by atoms with Crippen molar-refractivity contribution < 1.29 is 4.74 Å². The van der Waals surface area contributed by atoms with Crippen LogP contribution in [0.4, 0.5) is 0 Å². The van der Waals surface area contributed by atoms with Crippen molar-refractivity contribution in [1.82, 2.24) is 25.9 Å². The number of methoxy groups -OCH3 is 1. The Balaban J connectivity index is 1.77. The second kappa shape index (κ2) is 5.36. The van der Waals surface area contributed by atoms with Crippen molar-refractivity contribution in [2.24, 2.45) is 0 Å². The topological polar surface area (TPSA) is 75.7 Å². The van der Waals surface area contributed by atoms with Crippen LogP contribution >= 0.6 is 0 Å². The molecule has 2 aromatic rings. The third kappa shape index (κ3) is 2.58. The van der Waals surface area contributed by atoms with Crippen molar-refractivity contribution >= 4 is 0 Å². The van der Waals surface area contributed by atoms with Gasteiger partial charge in [-0.2, -0.15) is 5.21 Å². The molecule has 1 aromatic heterocycles. The highest BCUT2D eigenvalue weighted by molar-refractivity contribution is 5.39. The number of benzene rings is 1. The fourth-order valence-corrected chi connectivity index (χ4v) is 2.59. The van der Waals surface area contributed by atoms with Crippen molar-refractivity contribution in [1.29, 1.82) is 0 Å². The molecule has 1 aromatic carbocycles. The second-order valence-electron chi connectivity index (χ2n) is 4.72. The van der Waals surface area contributed by atoms with Gasteiger partial charge in [-0.1, -0.05) is 11.3 Å². The van der Waals surface area contributed by atoms with Crippen LogP contribution in [0.3, 0.4) is 0 Å². The van der Waals surface area contributed by atoms with Crippen LogP contribution in [-0.4, -0.2) is 27.7 Å². The molecule has 6 nitrogen and oxygen atoms in total. The number of aryl methyl sites for hydroxylation is 1. The Morgan fingerprint density at radius 1 is 1.47 bits per heavy atom. The lowest BCUT2D eigenvalue weighted by molar-refractivity contribution is 0.408. The summed E-state index contributed by atoms with van der Waals surface area (Å²) in [6, 6.07) is 6.65. The van der Waals surface area contributed by atoms with E-state index in [1.165, 1.54) is 17.5 Å². The van der Waals surface area contributed by atoms with E-state index in [4.69, 9.17) is 4.74 Å². The highest BCUT2D eigenvalue weighted by atomic mass is 16.5. The maximum Gasteiger partial charge on any atom is 0.188 e. The number of aromatic amines is 1. The molecular weight excluding hydrogens is 242 g/mol. The van der Waals surface area contributed by atoms with Gasteiger partial charge in [0.05, 0.1) is 13.7 Å². The van der Waals surface area contributed by atoms with Crippen molar-refractivity contribution in [3.05, 3.63) is 35.2 Å². The van der Waals surface area contributed by atoms with Crippen LogP contribution in [0, 0.1) is 0 Å². The van der Waals surface area contributed by atoms with Crippen LogP contribution in [0.2, 0.25) is 0 Å². The van der Waals surface area contributed by atoms with E-state index in [1.54, 1.807) is 7.11 Å². The summed E-state index contributed by atoms with van der Waals surface area (Å²) < 4.78 is 5.31. The number of hydrogen-bond donors (Lipinski definition) is 2. The van der Waals surface area contributed by atoms with Gasteiger partial charge >= 0.3 is 0 Å². The molecule has 0 amide bonds.